The number of methoxy groups -OCH3 is 1. The van der Waals surface area contributed by atoms with Gasteiger partial charge in [0.05, 0.1) is 36.7 Å². The zero-order valence-corrected chi connectivity index (χ0v) is 19.9. The van der Waals surface area contributed by atoms with E-state index in [9.17, 15) is 30.8 Å². The number of sulfone groups is 1. The third-order valence-electron chi connectivity index (χ3n) is 5.22. The molecule has 0 bridgehead atoms. The molecule has 0 spiro atoms. The Bertz CT molecular complexity index is 1320. The second kappa shape index (κ2) is 10.1. The van der Waals surface area contributed by atoms with Gasteiger partial charge in [0.25, 0.3) is 0 Å². The lowest BCUT2D eigenvalue weighted by Crippen LogP contribution is -2.28. The number of amides is 1. The molecular weight excluding hydrogens is 490 g/mol. The van der Waals surface area contributed by atoms with Gasteiger partial charge in [0.2, 0.25) is 5.91 Å². The summed E-state index contributed by atoms with van der Waals surface area (Å²) in [4.78, 5) is 12.7. The number of nitrogens with one attached hydrogen (secondary N) is 1. The van der Waals surface area contributed by atoms with Gasteiger partial charge >= 0.3 is 6.18 Å². The number of carbonyl (C=O) groups is 1. The fraction of sp³-hybridized carbons (Fsp3) is 0.304. The fourth-order valence-electron chi connectivity index (χ4n) is 3.35. The van der Waals surface area contributed by atoms with Crippen LogP contribution in [0.15, 0.2) is 48.5 Å². The van der Waals surface area contributed by atoms with Crippen LogP contribution >= 0.6 is 0 Å². The number of benzene rings is 2. The first kappa shape index (κ1) is 26.2. The Balaban J connectivity index is 1.80. The average Bonchev–Trinajstić information content (AvgIpc) is 3.22. The second-order valence-electron chi connectivity index (χ2n) is 7.99. The Morgan fingerprint density at radius 3 is 2.34 bits per heavy atom. The molecule has 0 saturated heterocycles. The maximum absolute atomic E-state index is 14.3. The van der Waals surface area contributed by atoms with Crippen molar-refractivity contribution < 1.29 is 35.5 Å². The molecule has 3 rings (SSSR count). The van der Waals surface area contributed by atoms with Gasteiger partial charge in [-0.25, -0.2) is 17.5 Å². The fourth-order valence-corrected chi connectivity index (χ4v) is 4.14. The molecule has 12 heteroatoms. The van der Waals surface area contributed by atoms with Crippen LogP contribution < -0.4 is 10.1 Å². The molecule has 7 nitrogen and oxygen atoms in total. The van der Waals surface area contributed by atoms with Gasteiger partial charge in [-0.3, -0.25) is 4.79 Å². The highest BCUT2D eigenvalue weighted by molar-refractivity contribution is 7.89. The average molecular weight is 514 g/mol. The number of rotatable bonds is 8. The lowest BCUT2D eigenvalue weighted by atomic mass is 9.99. The van der Waals surface area contributed by atoms with E-state index in [4.69, 9.17) is 4.74 Å². The van der Waals surface area contributed by atoms with Crippen molar-refractivity contribution in [2.75, 3.05) is 13.4 Å². The van der Waals surface area contributed by atoms with Crippen LogP contribution in [0.2, 0.25) is 0 Å². The van der Waals surface area contributed by atoms with Crippen molar-refractivity contribution in [1.29, 1.82) is 0 Å². The van der Waals surface area contributed by atoms with E-state index in [1.165, 1.54) is 38.3 Å². The highest BCUT2D eigenvalue weighted by atomic mass is 32.2. The summed E-state index contributed by atoms with van der Waals surface area (Å²) in [7, 11) is -1.99. The number of carbonyl (C=O) groups excluding carboxylic acids is 1. The predicted molar refractivity (Wildman–Crippen MR) is 120 cm³/mol. The summed E-state index contributed by atoms with van der Waals surface area (Å²) in [5.74, 6) is -2.14. The van der Waals surface area contributed by atoms with Crippen LogP contribution in [0.1, 0.15) is 35.4 Å². The van der Waals surface area contributed by atoms with E-state index in [1.54, 1.807) is 12.1 Å². The number of aromatic nitrogens is 2. The Kier molecular flexibility index (Phi) is 7.53. The maximum Gasteiger partial charge on any atom is 0.435 e. The molecule has 0 saturated carbocycles. The van der Waals surface area contributed by atoms with E-state index in [0.717, 1.165) is 23.1 Å². The first-order valence-electron chi connectivity index (χ1n) is 10.3. The van der Waals surface area contributed by atoms with Crippen molar-refractivity contribution in [3.63, 3.8) is 0 Å². The summed E-state index contributed by atoms with van der Waals surface area (Å²) < 4.78 is 83.1. The quantitative estimate of drug-likeness (QED) is 0.460. The lowest BCUT2D eigenvalue weighted by molar-refractivity contribution is -0.141. The number of halogens is 4. The van der Waals surface area contributed by atoms with Gasteiger partial charge in [-0.1, -0.05) is 12.1 Å². The number of hydrogen-bond acceptors (Lipinski definition) is 5. The molecule has 188 valence electrons. The zero-order chi connectivity index (χ0) is 26.0. The molecule has 2 aromatic carbocycles. The normalized spacial score (nSPS) is 12.9. The molecule has 0 aliphatic rings. The molecule has 0 aliphatic carbocycles. The maximum atomic E-state index is 14.3. The zero-order valence-electron chi connectivity index (χ0n) is 19.1. The van der Waals surface area contributed by atoms with Crippen LogP contribution in [0.3, 0.4) is 0 Å². The molecule has 0 aliphatic heterocycles. The molecule has 1 amide bonds. The second-order valence-corrected chi connectivity index (χ2v) is 10.1. The van der Waals surface area contributed by atoms with Gasteiger partial charge in [-0.15, -0.1) is 0 Å². The Morgan fingerprint density at radius 1 is 1.14 bits per heavy atom. The highest BCUT2D eigenvalue weighted by Gasteiger charge is 2.35. The van der Waals surface area contributed by atoms with E-state index >= 15 is 0 Å². The summed E-state index contributed by atoms with van der Waals surface area (Å²) in [6.45, 7) is 1.23. The number of alkyl halides is 3. The number of ether oxygens (including phenoxy) is 1. The van der Waals surface area contributed by atoms with Crippen molar-refractivity contribution in [3.8, 4) is 11.4 Å². The number of nitrogens with zero attached hydrogens (tertiary/aromatic N) is 2. The van der Waals surface area contributed by atoms with Gasteiger partial charge in [0.15, 0.2) is 15.5 Å². The first-order valence-corrected chi connectivity index (χ1v) is 12.4. The van der Waals surface area contributed by atoms with E-state index in [1.807, 2.05) is 0 Å². The Labute approximate surface area is 199 Å². The molecule has 0 fully saturated rings. The van der Waals surface area contributed by atoms with Crippen molar-refractivity contribution in [2.45, 2.75) is 31.3 Å². The minimum Gasteiger partial charge on any atom is -0.497 e. The van der Waals surface area contributed by atoms with Crippen LogP contribution in [0.25, 0.3) is 5.69 Å². The molecule has 1 N–H and O–H groups in total. The molecule has 1 unspecified atom stereocenters. The Morgan fingerprint density at radius 2 is 1.80 bits per heavy atom. The summed E-state index contributed by atoms with van der Waals surface area (Å²) in [5.41, 5.74) is -0.433. The molecule has 1 atom stereocenters. The van der Waals surface area contributed by atoms with E-state index in [2.05, 4.69) is 10.4 Å². The van der Waals surface area contributed by atoms with Gasteiger partial charge in [0, 0.05) is 11.8 Å². The first-order chi connectivity index (χ1) is 16.3. The van der Waals surface area contributed by atoms with Crippen LogP contribution in [-0.2, 0) is 33.1 Å². The monoisotopic (exact) mass is 513 g/mol. The minimum absolute atomic E-state index is 0.0214. The van der Waals surface area contributed by atoms with Gasteiger partial charge in [0.1, 0.15) is 11.6 Å². The summed E-state index contributed by atoms with van der Waals surface area (Å²) in [6.07, 6.45) is -3.70. The smallest absolute Gasteiger partial charge is 0.435 e. The Hall–Kier alpha value is -3.41. The number of hydrogen-bond donors (Lipinski definition) is 1. The third-order valence-corrected chi connectivity index (χ3v) is 6.06. The largest absolute Gasteiger partial charge is 0.497 e. The molecule has 35 heavy (non-hydrogen) atoms. The van der Waals surface area contributed by atoms with Crippen molar-refractivity contribution in [2.24, 2.45) is 0 Å². The summed E-state index contributed by atoms with van der Waals surface area (Å²) in [5, 5.41) is 6.20. The van der Waals surface area contributed by atoms with E-state index < -0.39 is 45.1 Å². The van der Waals surface area contributed by atoms with Gasteiger partial charge < -0.3 is 10.1 Å². The lowest BCUT2D eigenvalue weighted by Gasteiger charge is -2.14. The van der Waals surface area contributed by atoms with E-state index in [-0.39, 0.29) is 23.4 Å². The van der Waals surface area contributed by atoms with Crippen LogP contribution in [-0.4, -0.2) is 37.5 Å². The van der Waals surface area contributed by atoms with Crippen LogP contribution in [0.4, 0.5) is 17.6 Å². The summed E-state index contributed by atoms with van der Waals surface area (Å²) >= 11 is 0. The molecular formula is C23H23F4N3O4S. The SMILES string of the molecule is COc1ccc(-n2nc(C(F)(F)F)cc2CNC(=O)C(C)c2ccc(CS(C)(=O)=O)c(F)c2)cc1. The predicted octanol–water partition coefficient (Wildman–Crippen LogP) is 4.00. The third kappa shape index (κ3) is 6.59. The standard InChI is InChI=1S/C23H23F4N3O4S/c1-14(15-4-5-16(20(24)10-15)13-35(3,32)33)22(31)28-12-18-11-21(23(25,26)27)29-30(18)17-6-8-19(34-2)9-7-17/h4-11,14H,12-13H2,1-3H3,(H,28,31). The van der Waals surface area contributed by atoms with Gasteiger partial charge in [-0.05, 0) is 48.9 Å². The highest BCUT2D eigenvalue weighted by Crippen LogP contribution is 2.30. The topological polar surface area (TPSA) is 90.3 Å². The minimum atomic E-state index is -4.69. The molecule has 1 heterocycles. The van der Waals surface area contributed by atoms with Crippen LogP contribution in [0.5, 0.6) is 5.75 Å². The van der Waals surface area contributed by atoms with Crippen molar-refractivity contribution >= 4 is 15.7 Å². The summed E-state index contributed by atoms with van der Waals surface area (Å²) in [6, 6.07) is 10.8. The van der Waals surface area contributed by atoms with Crippen molar-refractivity contribution in [1.82, 2.24) is 15.1 Å². The van der Waals surface area contributed by atoms with Crippen LogP contribution in [0, 0.1) is 5.82 Å². The molecule has 3 aromatic rings. The molecule has 1 aromatic heterocycles. The van der Waals surface area contributed by atoms with Crippen molar-refractivity contribution in [3.05, 3.63) is 76.9 Å². The van der Waals surface area contributed by atoms with E-state index in [0.29, 0.717) is 11.4 Å². The van der Waals surface area contributed by atoms with Gasteiger partial charge in [-0.2, -0.15) is 18.3 Å². The molecule has 0 radical (unpaired) electrons.